The first-order valence-electron chi connectivity index (χ1n) is 9.22. The second-order valence-electron chi connectivity index (χ2n) is 7.04. The Kier molecular flexibility index (Phi) is 4.61. The SMILES string of the molecule is Cc1ncc(CO)c(C2CCN(C(=O)c3nn(C)c4ccccc34)CC2)n1. The minimum atomic E-state index is -0.0608. The predicted molar refractivity (Wildman–Crippen MR) is 101 cm³/mol. The van der Waals surface area contributed by atoms with Crippen molar-refractivity contribution in [3.05, 3.63) is 53.2 Å². The second-order valence-corrected chi connectivity index (χ2v) is 7.04. The highest BCUT2D eigenvalue weighted by molar-refractivity contribution is 6.04. The molecule has 1 aromatic carbocycles. The molecule has 0 atom stereocenters. The fraction of sp³-hybridized carbons (Fsp3) is 0.400. The summed E-state index contributed by atoms with van der Waals surface area (Å²) in [7, 11) is 1.86. The van der Waals surface area contributed by atoms with Gasteiger partial charge >= 0.3 is 0 Å². The summed E-state index contributed by atoms with van der Waals surface area (Å²) in [6.45, 7) is 3.11. The van der Waals surface area contributed by atoms with Gasteiger partial charge in [0, 0.05) is 43.2 Å². The maximum absolute atomic E-state index is 13.0. The van der Waals surface area contributed by atoms with Crippen LogP contribution in [-0.4, -0.2) is 48.8 Å². The number of aryl methyl sites for hydroxylation is 2. The van der Waals surface area contributed by atoms with Crippen LogP contribution in [0.25, 0.3) is 10.9 Å². The number of amides is 1. The first-order valence-corrected chi connectivity index (χ1v) is 9.22. The highest BCUT2D eigenvalue weighted by Gasteiger charge is 2.29. The second kappa shape index (κ2) is 7.08. The molecule has 0 bridgehead atoms. The molecule has 27 heavy (non-hydrogen) atoms. The van der Waals surface area contributed by atoms with Crippen LogP contribution in [0.4, 0.5) is 0 Å². The lowest BCUT2D eigenvalue weighted by Crippen LogP contribution is -2.38. The van der Waals surface area contributed by atoms with E-state index in [0.717, 1.165) is 35.0 Å². The van der Waals surface area contributed by atoms with Crippen LogP contribution in [0, 0.1) is 6.92 Å². The molecule has 1 aliphatic heterocycles. The molecule has 4 rings (SSSR count). The molecule has 1 amide bonds. The summed E-state index contributed by atoms with van der Waals surface area (Å²) in [4.78, 5) is 23.6. The lowest BCUT2D eigenvalue weighted by atomic mass is 9.90. The molecular weight excluding hydrogens is 342 g/mol. The molecule has 0 radical (unpaired) electrons. The maximum atomic E-state index is 13.0. The summed E-state index contributed by atoms with van der Waals surface area (Å²) in [5.74, 6) is 0.922. The van der Waals surface area contributed by atoms with Gasteiger partial charge in [0.1, 0.15) is 5.82 Å². The van der Waals surface area contributed by atoms with Crippen LogP contribution in [-0.2, 0) is 13.7 Å². The van der Waals surface area contributed by atoms with Crippen LogP contribution in [0.2, 0.25) is 0 Å². The number of aromatic nitrogens is 4. The smallest absolute Gasteiger partial charge is 0.275 e. The summed E-state index contributed by atoms with van der Waals surface area (Å²) in [5.41, 5.74) is 3.17. The zero-order valence-electron chi connectivity index (χ0n) is 15.6. The number of likely N-dealkylation sites (tertiary alicyclic amines) is 1. The standard InChI is InChI=1S/C20H23N5O2/c1-13-21-11-15(12-26)18(22-13)14-7-9-25(10-8-14)20(27)19-16-5-3-4-6-17(16)24(2)23-19/h3-6,11,14,26H,7-10,12H2,1-2H3. The van der Waals surface area contributed by atoms with Crippen molar-refractivity contribution in [1.82, 2.24) is 24.6 Å². The molecule has 0 unspecified atom stereocenters. The largest absolute Gasteiger partial charge is 0.392 e. The molecule has 7 heteroatoms. The Balaban J connectivity index is 1.52. The van der Waals surface area contributed by atoms with Crippen molar-refractivity contribution < 1.29 is 9.90 Å². The highest BCUT2D eigenvalue weighted by atomic mass is 16.3. The fourth-order valence-electron chi connectivity index (χ4n) is 3.87. The summed E-state index contributed by atoms with van der Waals surface area (Å²) in [6.07, 6.45) is 3.34. The van der Waals surface area contributed by atoms with E-state index >= 15 is 0 Å². The molecular formula is C20H23N5O2. The van der Waals surface area contributed by atoms with E-state index in [2.05, 4.69) is 15.1 Å². The average molecular weight is 365 g/mol. The van der Waals surface area contributed by atoms with Gasteiger partial charge in [-0.25, -0.2) is 9.97 Å². The number of carbonyl (C=O) groups is 1. The number of fused-ring (bicyclic) bond motifs is 1. The van der Waals surface area contributed by atoms with Crippen molar-refractivity contribution >= 4 is 16.8 Å². The third-order valence-corrected chi connectivity index (χ3v) is 5.32. The zero-order valence-corrected chi connectivity index (χ0v) is 15.6. The third-order valence-electron chi connectivity index (χ3n) is 5.32. The number of carbonyl (C=O) groups excluding carboxylic acids is 1. The molecule has 3 heterocycles. The van der Waals surface area contributed by atoms with Crippen LogP contribution in [0.1, 0.15) is 46.3 Å². The van der Waals surface area contributed by atoms with E-state index in [1.54, 1.807) is 10.9 Å². The molecule has 7 nitrogen and oxygen atoms in total. The Morgan fingerprint density at radius 3 is 2.74 bits per heavy atom. The lowest BCUT2D eigenvalue weighted by Gasteiger charge is -2.32. The van der Waals surface area contributed by atoms with E-state index in [9.17, 15) is 9.90 Å². The van der Waals surface area contributed by atoms with Crippen LogP contribution in [0.5, 0.6) is 0 Å². The first-order chi connectivity index (χ1) is 13.1. The molecule has 3 aromatic rings. The summed E-state index contributed by atoms with van der Waals surface area (Å²) < 4.78 is 1.76. The van der Waals surface area contributed by atoms with Crippen LogP contribution >= 0.6 is 0 Å². The Morgan fingerprint density at radius 2 is 2.00 bits per heavy atom. The molecule has 0 aliphatic carbocycles. The molecule has 1 aliphatic rings. The van der Waals surface area contributed by atoms with Crippen LogP contribution in [0.15, 0.2) is 30.5 Å². The van der Waals surface area contributed by atoms with E-state index in [1.165, 1.54) is 0 Å². The van der Waals surface area contributed by atoms with Crippen molar-refractivity contribution in [1.29, 1.82) is 0 Å². The number of nitrogens with zero attached hydrogens (tertiary/aromatic N) is 5. The van der Waals surface area contributed by atoms with Gasteiger partial charge < -0.3 is 10.0 Å². The summed E-state index contributed by atoms with van der Waals surface area (Å²) in [5, 5.41) is 14.9. The quantitative estimate of drug-likeness (QED) is 0.769. The summed E-state index contributed by atoms with van der Waals surface area (Å²) in [6, 6.07) is 7.80. The number of rotatable bonds is 3. The van der Waals surface area contributed by atoms with E-state index in [-0.39, 0.29) is 18.4 Å². The molecule has 0 saturated carbocycles. The van der Waals surface area contributed by atoms with Crippen molar-refractivity contribution in [3.63, 3.8) is 0 Å². The lowest BCUT2D eigenvalue weighted by molar-refractivity contribution is 0.0706. The van der Waals surface area contributed by atoms with Crippen molar-refractivity contribution in [2.24, 2.45) is 7.05 Å². The number of para-hydroxylation sites is 1. The Morgan fingerprint density at radius 1 is 1.26 bits per heavy atom. The fourth-order valence-corrected chi connectivity index (χ4v) is 3.87. The minimum absolute atomic E-state index is 0.0218. The third kappa shape index (κ3) is 3.19. The minimum Gasteiger partial charge on any atom is -0.392 e. The van der Waals surface area contributed by atoms with E-state index in [0.29, 0.717) is 24.6 Å². The average Bonchev–Trinajstić information content (AvgIpc) is 3.04. The van der Waals surface area contributed by atoms with E-state index in [4.69, 9.17) is 0 Å². The van der Waals surface area contributed by atoms with Gasteiger partial charge in [0.2, 0.25) is 0 Å². The number of aliphatic hydroxyl groups excluding tert-OH is 1. The zero-order chi connectivity index (χ0) is 19.0. The van der Waals surface area contributed by atoms with Gasteiger partial charge in [0.15, 0.2) is 5.69 Å². The molecule has 140 valence electrons. The number of hydrogen-bond donors (Lipinski definition) is 1. The van der Waals surface area contributed by atoms with Crippen LogP contribution in [0.3, 0.4) is 0 Å². The number of piperidine rings is 1. The molecule has 2 aromatic heterocycles. The van der Waals surface area contributed by atoms with Gasteiger partial charge in [-0.1, -0.05) is 18.2 Å². The Hall–Kier alpha value is -2.80. The number of benzene rings is 1. The van der Waals surface area contributed by atoms with Gasteiger partial charge in [0.25, 0.3) is 5.91 Å². The van der Waals surface area contributed by atoms with Gasteiger partial charge in [-0.05, 0) is 25.8 Å². The first kappa shape index (κ1) is 17.6. The van der Waals surface area contributed by atoms with Crippen molar-refractivity contribution in [2.45, 2.75) is 32.3 Å². The van der Waals surface area contributed by atoms with Gasteiger partial charge in [-0.2, -0.15) is 5.10 Å². The maximum Gasteiger partial charge on any atom is 0.275 e. The molecule has 1 saturated heterocycles. The van der Waals surface area contributed by atoms with Gasteiger partial charge in [0.05, 0.1) is 17.8 Å². The summed E-state index contributed by atoms with van der Waals surface area (Å²) >= 11 is 0. The van der Waals surface area contributed by atoms with Crippen molar-refractivity contribution in [2.75, 3.05) is 13.1 Å². The van der Waals surface area contributed by atoms with Crippen LogP contribution < -0.4 is 0 Å². The topological polar surface area (TPSA) is 84.1 Å². The van der Waals surface area contributed by atoms with E-state index in [1.807, 2.05) is 43.1 Å². The molecule has 1 N–H and O–H groups in total. The predicted octanol–water partition coefficient (Wildman–Crippen LogP) is 2.18. The number of hydrogen-bond acceptors (Lipinski definition) is 5. The molecule has 0 spiro atoms. The number of aliphatic hydroxyl groups is 1. The molecule has 1 fully saturated rings. The van der Waals surface area contributed by atoms with E-state index < -0.39 is 0 Å². The van der Waals surface area contributed by atoms with Crippen molar-refractivity contribution in [3.8, 4) is 0 Å². The normalized spacial score (nSPS) is 15.4. The van der Waals surface area contributed by atoms with Gasteiger partial charge in [-0.15, -0.1) is 0 Å². The van der Waals surface area contributed by atoms with Gasteiger partial charge in [-0.3, -0.25) is 9.48 Å². The monoisotopic (exact) mass is 365 g/mol. The Labute approximate surface area is 157 Å². The Bertz CT molecular complexity index is 989. The highest BCUT2D eigenvalue weighted by Crippen LogP contribution is 2.30.